The number of para-hydroxylation sites is 2. The highest BCUT2D eigenvalue weighted by molar-refractivity contribution is 6.02. The molecule has 10 heteroatoms. The van der Waals surface area contributed by atoms with Gasteiger partial charge in [0.25, 0.3) is 11.6 Å². The minimum atomic E-state index is -0.540. The number of rotatable bonds is 4. The molecule has 3 heterocycles. The predicted octanol–water partition coefficient (Wildman–Crippen LogP) is 2.60. The number of nitro groups is 1. The fraction of sp³-hybridized carbons (Fsp3) is 0.318. The average molecular weight is 435 g/mol. The maximum Gasteiger partial charge on any atom is 0.271 e. The highest BCUT2D eigenvalue weighted by Crippen LogP contribution is 2.35. The van der Waals surface area contributed by atoms with Crippen LogP contribution in [0.5, 0.6) is 5.75 Å². The second kappa shape index (κ2) is 7.95. The molecule has 2 aromatic carbocycles. The van der Waals surface area contributed by atoms with Crippen molar-refractivity contribution in [3.05, 3.63) is 58.4 Å². The first-order valence-electron chi connectivity index (χ1n) is 10.4. The summed E-state index contributed by atoms with van der Waals surface area (Å²) in [5.41, 5.74) is 1.93. The third-order valence-corrected chi connectivity index (χ3v) is 5.96. The first-order chi connectivity index (χ1) is 15.5. The summed E-state index contributed by atoms with van der Waals surface area (Å²) in [7, 11) is 0. The molecule has 164 valence electrons. The van der Waals surface area contributed by atoms with Crippen molar-refractivity contribution in [1.82, 2.24) is 14.9 Å². The number of benzene rings is 2. The summed E-state index contributed by atoms with van der Waals surface area (Å²) >= 11 is 0. The van der Waals surface area contributed by atoms with E-state index in [1.54, 1.807) is 4.90 Å². The van der Waals surface area contributed by atoms with Crippen LogP contribution in [-0.4, -0.2) is 57.8 Å². The number of hydrogen-bond acceptors (Lipinski definition) is 6. The smallest absolute Gasteiger partial charge is 0.271 e. The topological polar surface area (TPSA) is 122 Å². The van der Waals surface area contributed by atoms with E-state index < -0.39 is 10.8 Å². The highest BCUT2D eigenvalue weighted by atomic mass is 16.6. The number of nitro benzene ring substituents is 1. The molecule has 0 spiro atoms. The molecule has 5 rings (SSSR count). The number of nitrogens with one attached hydrogen (secondary N) is 1. The van der Waals surface area contributed by atoms with Gasteiger partial charge in [0, 0.05) is 31.1 Å². The van der Waals surface area contributed by atoms with Crippen LogP contribution < -0.4 is 9.64 Å². The van der Waals surface area contributed by atoms with Crippen LogP contribution in [0, 0.1) is 10.1 Å². The molecule has 0 aliphatic carbocycles. The number of fused-ring (bicyclic) bond motifs is 2. The molecule has 2 aliphatic rings. The van der Waals surface area contributed by atoms with Gasteiger partial charge in [-0.1, -0.05) is 12.1 Å². The molecule has 1 N–H and O–H groups in total. The SMILES string of the molecule is O=C(CN1C(=O)COc2ccc([N+](=O)[O-])cc21)N1CCCC(c2nc3ccccc3[nH]2)C1. The van der Waals surface area contributed by atoms with E-state index in [9.17, 15) is 19.7 Å². The average Bonchev–Trinajstić information content (AvgIpc) is 3.25. The first-order valence-corrected chi connectivity index (χ1v) is 10.4. The number of hydrogen-bond donors (Lipinski definition) is 1. The van der Waals surface area contributed by atoms with E-state index in [0.29, 0.717) is 18.8 Å². The number of amides is 2. The van der Waals surface area contributed by atoms with Gasteiger partial charge in [-0.15, -0.1) is 0 Å². The molecule has 0 saturated carbocycles. The Kier molecular flexibility index (Phi) is 4.96. The van der Waals surface area contributed by atoms with E-state index in [1.807, 2.05) is 24.3 Å². The van der Waals surface area contributed by atoms with Crippen LogP contribution in [0.4, 0.5) is 11.4 Å². The third kappa shape index (κ3) is 3.64. The summed E-state index contributed by atoms with van der Waals surface area (Å²) in [5, 5.41) is 11.2. The van der Waals surface area contributed by atoms with Crippen LogP contribution in [0.25, 0.3) is 11.0 Å². The lowest BCUT2D eigenvalue weighted by atomic mass is 9.97. The minimum Gasteiger partial charge on any atom is -0.482 e. The van der Waals surface area contributed by atoms with Crippen molar-refractivity contribution in [2.75, 3.05) is 31.1 Å². The Labute approximate surface area is 182 Å². The van der Waals surface area contributed by atoms with E-state index in [1.165, 1.54) is 23.1 Å². The first kappa shape index (κ1) is 20.0. The highest BCUT2D eigenvalue weighted by Gasteiger charge is 2.32. The lowest BCUT2D eigenvalue weighted by Crippen LogP contribution is -2.48. The molecular formula is C22H21N5O5. The van der Waals surface area contributed by atoms with Gasteiger partial charge in [-0.05, 0) is 31.0 Å². The maximum atomic E-state index is 13.1. The van der Waals surface area contributed by atoms with E-state index in [-0.39, 0.29) is 36.4 Å². The zero-order chi connectivity index (χ0) is 22.2. The Hall–Kier alpha value is -3.95. The third-order valence-electron chi connectivity index (χ3n) is 5.96. The standard InChI is InChI=1S/C22H21N5O5/c28-20(12-26-18-10-15(27(30)31)7-8-19(18)32-13-21(26)29)25-9-3-4-14(11-25)22-23-16-5-1-2-6-17(16)24-22/h1-2,5-8,10,14H,3-4,9,11-13H2,(H,23,24). The molecule has 32 heavy (non-hydrogen) atoms. The molecule has 10 nitrogen and oxygen atoms in total. The number of likely N-dealkylation sites (tertiary alicyclic amines) is 1. The van der Waals surface area contributed by atoms with Crippen LogP contribution in [0.15, 0.2) is 42.5 Å². The Bertz CT molecular complexity index is 1190. The predicted molar refractivity (Wildman–Crippen MR) is 116 cm³/mol. The number of aromatic amines is 1. The largest absolute Gasteiger partial charge is 0.482 e. The summed E-state index contributed by atoms with van der Waals surface area (Å²) in [4.78, 5) is 47.3. The molecular weight excluding hydrogens is 414 g/mol. The van der Waals surface area contributed by atoms with E-state index >= 15 is 0 Å². The van der Waals surface area contributed by atoms with Crippen molar-refractivity contribution in [1.29, 1.82) is 0 Å². The Morgan fingerprint density at radius 2 is 2.12 bits per heavy atom. The van der Waals surface area contributed by atoms with Crippen molar-refractivity contribution >= 4 is 34.2 Å². The number of nitrogens with zero attached hydrogens (tertiary/aromatic N) is 4. The van der Waals surface area contributed by atoms with E-state index in [2.05, 4.69) is 9.97 Å². The molecule has 2 aliphatic heterocycles. The fourth-order valence-corrected chi connectivity index (χ4v) is 4.31. The van der Waals surface area contributed by atoms with E-state index in [0.717, 1.165) is 29.7 Å². The number of non-ortho nitro benzene ring substituents is 1. The second-order valence-electron chi connectivity index (χ2n) is 8.00. The summed E-state index contributed by atoms with van der Waals surface area (Å²) in [6.07, 6.45) is 1.74. The molecule has 3 aromatic rings. The van der Waals surface area contributed by atoms with Gasteiger partial charge < -0.3 is 14.6 Å². The van der Waals surface area contributed by atoms with Gasteiger partial charge in [-0.3, -0.25) is 24.6 Å². The number of piperidine rings is 1. The second-order valence-corrected chi connectivity index (χ2v) is 8.00. The summed E-state index contributed by atoms with van der Waals surface area (Å²) in [6.45, 7) is 0.692. The molecule has 1 atom stereocenters. The Balaban J connectivity index is 1.34. The molecule has 0 radical (unpaired) electrons. The minimum absolute atomic E-state index is 0.0777. The van der Waals surface area contributed by atoms with Crippen molar-refractivity contribution in [3.63, 3.8) is 0 Å². The van der Waals surface area contributed by atoms with Crippen LogP contribution in [0.1, 0.15) is 24.6 Å². The number of aromatic nitrogens is 2. The summed E-state index contributed by atoms with van der Waals surface area (Å²) in [6, 6.07) is 11.8. The van der Waals surface area contributed by atoms with E-state index in [4.69, 9.17) is 4.74 Å². The maximum absolute atomic E-state index is 13.1. The van der Waals surface area contributed by atoms with Gasteiger partial charge in [0.2, 0.25) is 5.91 Å². The molecule has 1 aromatic heterocycles. The lowest BCUT2D eigenvalue weighted by Gasteiger charge is -2.34. The van der Waals surface area contributed by atoms with Gasteiger partial charge in [0.05, 0.1) is 21.6 Å². The molecule has 2 amide bonds. The Morgan fingerprint density at radius 3 is 2.94 bits per heavy atom. The van der Waals surface area contributed by atoms with Gasteiger partial charge in [0.1, 0.15) is 18.1 Å². The van der Waals surface area contributed by atoms with Crippen molar-refractivity contribution in [3.8, 4) is 5.75 Å². The van der Waals surface area contributed by atoms with Gasteiger partial charge >= 0.3 is 0 Å². The number of H-pyrrole nitrogens is 1. The number of carbonyl (C=O) groups is 2. The molecule has 0 bridgehead atoms. The van der Waals surface area contributed by atoms with Crippen LogP contribution in [0.3, 0.4) is 0 Å². The van der Waals surface area contributed by atoms with Gasteiger partial charge in [0.15, 0.2) is 6.61 Å². The molecule has 1 saturated heterocycles. The number of anilines is 1. The van der Waals surface area contributed by atoms with Crippen LogP contribution in [-0.2, 0) is 9.59 Å². The van der Waals surface area contributed by atoms with Crippen molar-refractivity contribution in [2.24, 2.45) is 0 Å². The zero-order valence-electron chi connectivity index (χ0n) is 17.2. The Morgan fingerprint density at radius 1 is 1.28 bits per heavy atom. The normalized spacial score (nSPS) is 18.4. The monoisotopic (exact) mass is 435 g/mol. The molecule has 1 fully saturated rings. The summed E-state index contributed by atoms with van der Waals surface area (Å²) in [5.74, 6) is 0.665. The molecule has 1 unspecified atom stereocenters. The number of imidazole rings is 1. The number of ether oxygens (including phenoxy) is 1. The van der Waals surface area contributed by atoms with Gasteiger partial charge in [-0.2, -0.15) is 0 Å². The fourth-order valence-electron chi connectivity index (χ4n) is 4.31. The quantitative estimate of drug-likeness (QED) is 0.497. The van der Waals surface area contributed by atoms with Crippen LogP contribution in [0.2, 0.25) is 0 Å². The van der Waals surface area contributed by atoms with Crippen molar-refractivity contribution in [2.45, 2.75) is 18.8 Å². The number of carbonyl (C=O) groups excluding carboxylic acids is 2. The zero-order valence-corrected chi connectivity index (χ0v) is 17.2. The summed E-state index contributed by atoms with van der Waals surface area (Å²) < 4.78 is 5.38. The van der Waals surface area contributed by atoms with Gasteiger partial charge in [-0.25, -0.2) is 4.98 Å². The van der Waals surface area contributed by atoms with Crippen LogP contribution >= 0.6 is 0 Å². The van der Waals surface area contributed by atoms with Crippen molar-refractivity contribution < 1.29 is 19.2 Å². The lowest BCUT2D eigenvalue weighted by molar-refractivity contribution is -0.384.